The average molecular weight is 295 g/mol. The van der Waals surface area contributed by atoms with E-state index in [9.17, 15) is 20.1 Å². The normalized spacial score (nSPS) is 34.0. The van der Waals surface area contributed by atoms with Crippen LogP contribution in [-0.2, 0) is 19.0 Å². The van der Waals surface area contributed by atoms with Crippen molar-refractivity contribution < 1.29 is 39.4 Å². The molecule has 1 aliphatic rings. The van der Waals surface area contributed by atoms with Gasteiger partial charge in [0.2, 0.25) is 5.91 Å². The van der Waals surface area contributed by atoms with Crippen LogP contribution in [0.4, 0.5) is 0 Å². The largest absolute Gasteiger partial charge is 0.394 e. The lowest BCUT2D eigenvalue weighted by Gasteiger charge is -2.40. The first-order valence-corrected chi connectivity index (χ1v) is 6.17. The van der Waals surface area contributed by atoms with E-state index in [0.717, 1.165) is 0 Å². The minimum Gasteiger partial charge on any atom is -0.394 e. The molecular formula is C11H21NO8. The van der Waals surface area contributed by atoms with Gasteiger partial charge in [-0.25, -0.2) is 0 Å². The number of aliphatic hydroxyl groups excluding tert-OH is 4. The number of ether oxygens (including phenoxy) is 3. The Morgan fingerprint density at radius 3 is 2.55 bits per heavy atom. The SMILES string of the molecule is COCCOCC(=O)NC1[C@H](O)OC(CO)[C@H](O)[C@@H]1O. The van der Waals surface area contributed by atoms with Gasteiger partial charge in [-0.15, -0.1) is 0 Å². The van der Waals surface area contributed by atoms with Crippen LogP contribution in [0.1, 0.15) is 0 Å². The predicted molar refractivity (Wildman–Crippen MR) is 64.6 cm³/mol. The molecule has 2 unspecified atom stereocenters. The molecule has 0 aliphatic carbocycles. The van der Waals surface area contributed by atoms with Gasteiger partial charge in [0, 0.05) is 7.11 Å². The Kier molecular flexibility index (Phi) is 7.30. The second-order valence-electron chi connectivity index (χ2n) is 4.37. The van der Waals surface area contributed by atoms with Gasteiger partial charge in [-0.3, -0.25) is 4.79 Å². The van der Waals surface area contributed by atoms with E-state index >= 15 is 0 Å². The van der Waals surface area contributed by atoms with Gasteiger partial charge in [-0.1, -0.05) is 0 Å². The number of hydrogen-bond acceptors (Lipinski definition) is 8. The first-order chi connectivity index (χ1) is 9.51. The van der Waals surface area contributed by atoms with Gasteiger partial charge in [0.15, 0.2) is 6.29 Å². The number of carbonyl (C=O) groups excluding carboxylic acids is 1. The lowest BCUT2D eigenvalue weighted by Crippen LogP contribution is -2.64. The Bertz CT molecular complexity index is 302. The van der Waals surface area contributed by atoms with Crippen molar-refractivity contribution in [1.29, 1.82) is 0 Å². The molecule has 0 radical (unpaired) electrons. The fourth-order valence-corrected chi connectivity index (χ4v) is 1.79. The van der Waals surface area contributed by atoms with Crippen LogP contribution in [-0.4, -0.2) is 90.5 Å². The third kappa shape index (κ3) is 4.63. The molecule has 0 aromatic carbocycles. The molecule has 5 atom stereocenters. The number of carbonyl (C=O) groups is 1. The molecule has 1 saturated heterocycles. The molecule has 0 aromatic heterocycles. The highest BCUT2D eigenvalue weighted by Crippen LogP contribution is 2.19. The summed E-state index contributed by atoms with van der Waals surface area (Å²) < 4.78 is 14.6. The van der Waals surface area contributed by atoms with Crippen molar-refractivity contribution in [2.24, 2.45) is 0 Å². The molecular weight excluding hydrogens is 274 g/mol. The zero-order valence-electron chi connectivity index (χ0n) is 11.1. The van der Waals surface area contributed by atoms with Crippen LogP contribution in [0.25, 0.3) is 0 Å². The molecule has 1 amide bonds. The molecule has 118 valence electrons. The van der Waals surface area contributed by atoms with Gasteiger partial charge in [0.05, 0.1) is 19.8 Å². The molecule has 0 aromatic rings. The quantitative estimate of drug-likeness (QED) is 0.306. The molecule has 0 saturated carbocycles. The first-order valence-electron chi connectivity index (χ1n) is 6.17. The molecule has 1 heterocycles. The minimum absolute atomic E-state index is 0.228. The van der Waals surface area contributed by atoms with Gasteiger partial charge in [0.1, 0.15) is 31.0 Å². The Hall–Kier alpha value is -0.810. The summed E-state index contributed by atoms with van der Waals surface area (Å²) in [5.41, 5.74) is 0. The number of hydrogen-bond donors (Lipinski definition) is 5. The Balaban J connectivity index is 2.43. The maximum absolute atomic E-state index is 11.5. The first kappa shape index (κ1) is 17.2. The second-order valence-corrected chi connectivity index (χ2v) is 4.37. The molecule has 1 aliphatic heterocycles. The number of aliphatic hydroxyl groups is 4. The number of amides is 1. The van der Waals surface area contributed by atoms with Crippen LogP contribution in [0.2, 0.25) is 0 Å². The Morgan fingerprint density at radius 1 is 1.25 bits per heavy atom. The second kappa shape index (κ2) is 8.47. The Labute approximate surface area is 116 Å². The molecule has 9 nitrogen and oxygen atoms in total. The Morgan fingerprint density at radius 2 is 1.95 bits per heavy atom. The zero-order chi connectivity index (χ0) is 15.1. The van der Waals surface area contributed by atoms with Crippen LogP contribution < -0.4 is 5.32 Å². The third-order valence-corrected chi connectivity index (χ3v) is 2.89. The zero-order valence-corrected chi connectivity index (χ0v) is 11.1. The van der Waals surface area contributed by atoms with E-state index < -0.39 is 43.2 Å². The van der Waals surface area contributed by atoms with Crippen molar-refractivity contribution in [3.05, 3.63) is 0 Å². The standard InChI is InChI=1S/C11H21NO8/c1-18-2-3-19-5-7(14)12-8-10(16)9(15)6(4-13)20-11(8)17/h6,8-11,13,15-17H,2-5H2,1H3,(H,12,14)/t6?,8?,9-,10+,11+/m0/s1. The number of methoxy groups -OCH3 is 1. The van der Waals surface area contributed by atoms with Crippen LogP contribution >= 0.6 is 0 Å². The van der Waals surface area contributed by atoms with Crippen LogP contribution in [0, 0.1) is 0 Å². The van der Waals surface area contributed by atoms with E-state index in [2.05, 4.69) is 5.32 Å². The molecule has 9 heteroatoms. The molecule has 1 rings (SSSR count). The van der Waals surface area contributed by atoms with Gasteiger partial charge in [-0.2, -0.15) is 0 Å². The van der Waals surface area contributed by atoms with Gasteiger partial charge >= 0.3 is 0 Å². The van der Waals surface area contributed by atoms with E-state index in [0.29, 0.717) is 6.61 Å². The van der Waals surface area contributed by atoms with Crippen molar-refractivity contribution in [2.45, 2.75) is 30.6 Å². The molecule has 5 N–H and O–H groups in total. The van der Waals surface area contributed by atoms with E-state index in [1.54, 1.807) is 0 Å². The van der Waals surface area contributed by atoms with Crippen LogP contribution in [0.5, 0.6) is 0 Å². The van der Waals surface area contributed by atoms with Gasteiger partial charge < -0.3 is 40.0 Å². The van der Waals surface area contributed by atoms with Crippen molar-refractivity contribution in [3.63, 3.8) is 0 Å². The van der Waals surface area contributed by atoms with Crippen LogP contribution in [0.3, 0.4) is 0 Å². The van der Waals surface area contributed by atoms with Crippen molar-refractivity contribution >= 4 is 5.91 Å². The smallest absolute Gasteiger partial charge is 0.246 e. The van der Waals surface area contributed by atoms with Crippen molar-refractivity contribution in [2.75, 3.05) is 33.5 Å². The van der Waals surface area contributed by atoms with Crippen molar-refractivity contribution in [3.8, 4) is 0 Å². The summed E-state index contributed by atoms with van der Waals surface area (Å²) in [5, 5.41) is 40.3. The summed E-state index contributed by atoms with van der Waals surface area (Å²) in [6, 6.07) is -1.20. The third-order valence-electron chi connectivity index (χ3n) is 2.89. The van der Waals surface area contributed by atoms with E-state index in [1.165, 1.54) is 7.11 Å². The summed E-state index contributed by atoms with van der Waals surface area (Å²) in [5.74, 6) is -0.581. The maximum atomic E-state index is 11.5. The highest BCUT2D eigenvalue weighted by molar-refractivity contribution is 5.77. The monoisotopic (exact) mass is 295 g/mol. The highest BCUT2D eigenvalue weighted by atomic mass is 16.6. The summed E-state index contributed by atoms with van der Waals surface area (Å²) in [6.45, 7) is -0.276. The highest BCUT2D eigenvalue weighted by Gasteiger charge is 2.44. The summed E-state index contributed by atoms with van der Waals surface area (Å²) in [6.07, 6.45) is -5.51. The average Bonchev–Trinajstić information content (AvgIpc) is 2.43. The van der Waals surface area contributed by atoms with Crippen molar-refractivity contribution in [1.82, 2.24) is 5.32 Å². The maximum Gasteiger partial charge on any atom is 0.246 e. The van der Waals surface area contributed by atoms with Crippen LogP contribution in [0.15, 0.2) is 0 Å². The predicted octanol–water partition coefficient (Wildman–Crippen LogP) is -3.43. The summed E-state index contributed by atoms with van der Waals surface area (Å²) in [7, 11) is 1.49. The fourth-order valence-electron chi connectivity index (χ4n) is 1.79. The molecule has 0 bridgehead atoms. The van der Waals surface area contributed by atoms with E-state index in [4.69, 9.17) is 19.3 Å². The summed E-state index contributed by atoms with van der Waals surface area (Å²) >= 11 is 0. The number of nitrogens with one attached hydrogen (secondary N) is 1. The minimum atomic E-state index is -1.53. The van der Waals surface area contributed by atoms with Gasteiger partial charge in [-0.05, 0) is 0 Å². The molecule has 0 spiro atoms. The van der Waals surface area contributed by atoms with Gasteiger partial charge in [0.25, 0.3) is 0 Å². The summed E-state index contributed by atoms with van der Waals surface area (Å²) in [4.78, 5) is 11.5. The van der Waals surface area contributed by atoms with E-state index in [-0.39, 0.29) is 13.2 Å². The fraction of sp³-hybridized carbons (Fsp3) is 0.909. The number of rotatable bonds is 7. The van der Waals surface area contributed by atoms with E-state index in [1.807, 2.05) is 0 Å². The molecule has 1 fully saturated rings. The lowest BCUT2D eigenvalue weighted by atomic mass is 9.97. The molecule has 20 heavy (non-hydrogen) atoms. The lowest BCUT2D eigenvalue weighted by molar-refractivity contribution is -0.254. The topological polar surface area (TPSA) is 138 Å².